The van der Waals surface area contributed by atoms with E-state index in [-0.39, 0.29) is 17.9 Å². The minimum atomic E-state index is -0.397. The van der Waals surface area contributed by atoms with Crippen molar-refractivity contribution in [3.63, 3.8) is 0 Å². The molecule has 0 bridgehead atoms. The van der Waals surface area contributed by atoms with E-state index in [4.69, 9.17) is 9.47 Å². The number of ether oxygens (including phenoxy) is 2. The highest BCUT2D eigenvalue weighted by Gasteiger charge is 2.34. The predicted molar refractivity (Wildman–Crippen MR) is 89.7 cm³/mol. The highest BCUT2D eigenvalue weighted by molar-refractivity contribution is 5.91. The van der Waals surface area contributed by atoms with Gasteiger partial charge in [0.05, 0.1) is 24.6 Å². The zero-order chi connectivity index (χ0) is 16.7. The number of hydrogen-bond donors (Lipinski definition) is 1. The summed E-state index contributed by atoms with van der Waals surface area (Å²) in [5.74, 6) is 0.247. The van der Waals surface area contributed by atoms with Crippen LogP contribution in [0.5, 0.6) is 11.5 Å². The maximum Gasteiger partial charge on any atom is 0.312 e. The van der Waals surface area contributed by atoms with E-state index in [1.807, 2.05) is 42.5 Å². The van der Waals surface area contributed by atoms with Crippen molar-refractivity contribution in [3.8, 4) is 11.5 Å². The van der Waals surface area contributed by atoms with Crippen molar-refractivity contribution >= 4 is 16.9 Å². The average Bonchev–Trinajstić information content (AvgIpc) is 2.61. The molecule has 2 aromatic carbocycles. The Morgan fingerprint density at radius 2 is 1.83 bits per heavy atom. The van der Waals surface area contributed by atoms with Crippen LogP contribution in [0.4, 0.5) is 0 Å². The van der Waals surface area contributed by atoms with Gasteiger partial charge in [0.15, 0.2) is 0 Å². The number of esters is 1. The normalized spacial score (nSPS) is 16.5. The lowest BCUT2D eigenvalue weighted by Crippen LogP contribution is -2.28. The number of aromatic amines is 1. The number of nitrogens with one attached hydrogen (secondary N) is 1. The standard InChI is InChI=1S/C19H15NO4/c1-23-15-9-5-3-6-11(15)13-10-16(21)24-18-12-7-2-4-8-14(12)20-19(22)17(13)18/h2-9,13H,10H2,1H3,(H,20,22)/t13-/m0/s1. The third-order valence-corrected chi connectivity index (χ3v) is 4.36. The molecule has 1 aliphatic rings. The van der Waals surface area contributed by atoms with Gasteiger partial charge in [-0.15, -0.1) is 0 Å². The Hall–Kier alpha value is -3.08. The molecule has 0 spiro atoms. The van der Waals surface area contributed by atoms with E-state index in [1.54, 1.807) is 13.2 Å². The summed E-state index contributed by atoms with van der Waals surface area (Å²) in [4.78, 5) is 27.8. The number of hydrogen-bond acceptors (Lipinski definition) is 4. The number of rotatable bonds is 2. The van der Waals surface area contributed by atoms with Crippen LogP contribution in [0, 0.1) is 0 Å². The van der Waals surface area contributed by atoms with Gasteiger partial charge in [0.2, 0.25) is 0 Å². The first-order chi connectivity index (χ1) is 11.7. The predicted octanol–water partition coefficient (Wildman–Crippen LogP) is 2.98. The summed E-state index contributed by atoms with van der Waals surface area (Å²) in [7, 11) is 1.57. The van der Waals surface area contributed by atoms with Crippen molar-refractivity contribution in [2.75, 3.05) is 7.11 Å². The number of para-hydroxylation sites is 2. The van der Waals surface area contributed by atoms with E-state index >= 15 is 0 Å². The van der Waals surface area contributed by atoms with Gasteiger partial charge in [-0.3, -0.25) is 9.59 Å². The fourth-order valence-electron chi connectivity index (χ4n) is 3.30. The number of carbonyl (C=O) groups is 1. The largest absolute Gasteiger partial charge is 0.496 e. The van der Waals surface area contributed by atoms with E-state index in [0.29, 0.717) is 22.6 Å². The third kappa shape index (κ3) is 2.17. The van der Waals surface area contributed by atoms with Gasteiger partial charge in [0.25, 0.3) is 5.56 Å². The Morgan fingerprint density at radius 1 is 1.08 bits per heavy atom. The Morgan fingerprint density at radius 3 is 2.67 bits per heavy atom. The number of carbonyl (C=O) groups excluding carboxylic acids is 1. The molecule has 0 aliphatic carbocycles. The molecule has 2 heterocycles. The maximum atomic E-state index is 12.7. The zero-order valence-corrected chi connectivity index (χ0v) is 13.0. The van der Waals surface area contributed by atoms with E-state index in [0.717, 1.165) is 10.9 Å². The molecule has 0 saturated carbocycles. The number of fused-ring (bicyclic) bond motifs is 3. The zero-order valence-electron chi connectivity index (χ0n) is 13.0. The summed E-state index contributed by atoms with van der Waals surface area (Å²) in [6.45, 7) is 0. The summed E-state index contributed by atoms with van der Waals surface area (Å²) in [5, 5.41) is 0.722. The van der Waals surface area contributed by atoms with Crippen LogP contribution in [-0.2, 0) is 4.79 Å². The molecule has 0 amide bonds. The van der Waals surface area contributed by atoms with Crippen LogP contribution in [0.1, 0.15) is 23.5 Å². The minimum absolute atomic E-state index is 0.106. The van der Waals surface area contributed by atoms with Gasteiger partial charge in [-0.2, -0.15) is 0 Å². The van der Waals surface area contributed by atoms with Crippen LogP contribution < -0.4 is 15.0 Å². The van der Waals surface area contributed by atoms with Gasteiger partial charge in [0.1, 0.15) is 11.5 Å². The Balaban J connectivity index is 2.03. The number of methoxy groups -OCH3 is 1. The first kappa shape index (κ1) is 14.5. The van der Waals surface area contributed by atoms with Crippen LogP contribution >= 0.6 is 0 Å². The molecule has 0 unspecified atom stereocenters. The second-order valence-corrected chi connectivity index (χ2v) is 5.72. The van der Waals surface area contributed by atoms with Crippen LogP contribution in [0.15, 0.2) is 53.3 Å². The second kappa shape index (κ2) is 5.53. The SMILES string of the molecule is COc1ccccc1[C@@H]1CC(=O)Oc2c1c(=O)[nH]c1ccccc21. The van der Waals surface area contributed by atoms with E-state index in [1.165, 1.54) is 0 Å². The second-order valence-electron chi connectivity index (χ2n) is 5.72. The van der Waals surface area contributed by atoms with Gasteiger partial charge in [-0.05, 0) is 18.2 Å². The Labute approximate surface area is 137 Å². The van der Waals surface area contributed by atoms with E-state index in [2.05, 4.69) is 4.98 Å². The van der Waals surface area contributed by atoms with Gasteiger partial charge in [0, 0.05) is 16.9 Å². The number of benzene rings is 2. The monoisotopic (exact) mass is 321 g/mol. The molecule has 0 radical (unpaired) electrons. The molecule has 5 heteroatoms. The van der Waals surface area contributed by atoms with Crippen molar-refractivity contribution in [3.05, 3.63) is 70.0 Å². The molecule has 1 aromatic heterocycles. The van der Waals surface area contributed by atoms with Gasteiger partial charge in [-0.1, -0.05) is 30.3 Å². The lowest BCUT2D eigenvalue weighted by molar-refractivity contribution is -0.135. The molecule has 1 aliphatic heterocycles. The fourth-order valence-corrected chi connectivity index (χ4v) is 3.30. The average molecular weight is 321 g/mol. The maximum absolute atomic E-state index is 12.7. The number of pyridine rings is 1. The van der Waals surface area contributed by atoms with Crippen molar-refractivity contribution in [1.29, 1.82) is 0 Å². The molecule has 0 saturated heterocycles. The van der Waals surface area contributed by atoms with Crippen molar-refractivity contribution in [2.45, 2.75) is 12.3 Å². The molecule has 1 N–H and O–H groups in total. The third-order valence-electron chi connectivity index (χ3n) is 4.36. The molecule has 3 aromatic rings. The summed E-state index contributed by atoms with van der Waals surface area (Å²) in [5.41, 5.74) is 1.68. The lowest BCUT2D eigenvalue weighted by atomic mass is 9.86. The molecule has 4 rings (SSSR count). The topological polar surface area (TPSA) is 68.4 Å². The molecule has 120 valence electrons. The quantitative estimate of drug-likeness (QED) is 0.737. The molecular weight excluding hydrogens is 306 g/mol. The van der Waals surface area contributed by atoms with Crippen LogP contribution in [0.2, 0.25) is 0 Å². The first-order valence-electron chi connectivity index (χ1n) is 7.67. The summed E-state index contributed by atoms with van der Waals surface area (Å²) < 4.78 is 10.9. The number of H-pyrrole nitrogens is 1. The molecular formula is C19H15NO4. The number of aromatic nitrogens is 1. The van der Waals surface area contributed by atoms with Crippen molar-refractivity contribution < 1.29 is 14.3 Å². The molecule has 5 nitrogen and oxygen atoms in total. The summed E-state index contributed by atoms with van der Waals surface area (Å²) in [6, 6.07) is 14.7. The smallest absolute Gasteiger partial charge is 0.312 e. The van der Waals surface area contributed by atoms with Crippen LogP contribution in [-0.4, -0.2) is 18.1 Å². The first-order valence-corrected chi connectivity index (χ1v) is 7.67. The Bertz CT molecular complexity index is 1010. The lowest BCUT2D eigenvalue weighted by Gasteiger charge is -2.26. The van der Waals surface area contributed by atoms with Gasteiger partial charge in [-0.25, -0.2) is 0 Å². The highest BCUT2D eigenvalue weighted by Crippen LogP contribution is 2.42. The summed E-state index contributed by atoms with van der Waals surface area (Å²) >= 11 is 0. The van der Waals surface area contributed by atoms with E-state index < -0.39 is 5.92 Å². The Kier molecular flexibility index (Phi) is 3.34. The minimum Gasteiger partial charge on any atom is -0.496 e. The molecule has 24 heavy (non-hydrogen) atoms. The molecule has 0 fully saturated rings. The highest BCUT2D eigenvalue weighted by atomic mass is 16.5. The van der Waals surface area contributed by atoms with Crippen molar-refractivity contribution in [1.82, 2.24) is 4.98 Å². The summed E-state index contributed by atoms with van der Waals surface area (Å²) in [6.07, 6.45) is 0.106. The molecule has 1 atom stereocenters. The van der Waals surface area contributed by atoms with Gasteiger partial charge >= 0.3 is 5.97 Å². The van der Waals surface area contributed by atoms with E-state index in [9.17, 15) is 9.59 Å². The van der Waals surface area contributed by atoms with Crippen molar-refractivity contribution in [2.24, 2.45) is 0 Å². The van der Waals surface area contributed by atoms with Gasteiger partial charge < -0.3 is 14.5 Å². The van der Waals surface area contributed by atoms with Crippen LogP contribution in [0.25, 0.3) is 10.9 Å². The fraction of sp³-hybridized carbons (Fsp3) is 0.158. The van der Waals surface area contributed by atoms with Crippen LogP contribution in [0.3, 0.4) is 0 Å².